The fourth-order valence-corrected chi connectivity index (χ4v) is 3.17. The highest BCUT2D eigenvalue weighted by molar-refractivity contribution is 9.10. The lowest BCUT2D eigenvalue weighted by Gasteiger charge is -2.09. The molecule has 8 heteroatoms. The lowest BCUT2D eigenvalue weighted by atomic mass is 10.2. The maximum absolute atomic E-state index is 13.0. The fraction of sp³-hybridized carbons (Fsp3) is 0.0476. The van der Waals surface area contributed by atoms with Gasteiger partial charge in [0.05, 0.1) is 12.8 Å². The summed E-state index contributed by atoms with van der Waals surface area (Å²) in [5.74, 6) is -0.465. The zero-order valence-electron chi connectivity index (χ0n) is 15.2. The molecule has 0 atom stereocenters. The molecule has 146 valence electrons. The van der Waals surface area contributed by atoms with Crippen LogP contribution in [0.4, 0.5) is 11.4 Å². The number of benzene rings is 2. The van der Waals surface area contributed by atoms with Gasteiger partial charge >= 0.3 is 0 Å². The second-order valence-electron chi connectivity index (χ2n) is 6.01. The molecule has 29 heavy (non-hydrogen) atoms. The molecule has 0 aliphatic rings. The Hall–Kier alpha value is -3.52. The van der Waals surface area contributed by atoms with E-state index in [1.807, 2.05) is 0 Å². The maximum atomic E-state index is 13.0. The van der Waals surface area contributed by atoms with E-state index < -0.39 is 11.8 Å². The number of carbonyl (C=O) groups excluding carboxylic acids is 2. The molecule has 0 fully saturated rings. The minimum atomic E-state index is -0.526. The number of hydrogen-bond acceptors (Lipinski definition) is 5. The average Bonchev–Trinajstić information content (AvgIpc) is 3.32. The van der Waals surface area contributed by atoms with Gasteiger partial charge in [-0.15, -0.1) is 0 Å². The molecule has 0 unspecified atom stereocenters. The van der Waals surface area contributed by atoms with Crippen LogP contribution in [-0.4, -0.2) is 18.9 Å². The highest BCUT2D eigenvalue weighted by Crippen LogP contribution is 2.33. The van der Waals surface area contributed by atoms with Crippen molar-refractivity contribution in [2.24, 2.45) is 0 Å². The molecule has 2 amide bonds. The van der Waals surface area contributed by atoms with Crippen molar-refractivity contribution in [3.05, 3.63) is 76.9 Å². The summed E-state index contributed by atoms with van der Waals surface area (Å²) in [5.41, 5.74) is 1.20. The second-order valence-corrected chi connectivity index (χ2v) is 6.80. The summed E-state index contributed by atoms with van der Waals surface area (Å²) in [4.78, 5) is 25.5. The number of rotatable bonds is 5. The molecule has 0 radical (unpaired) electrons. The largest absolute Gasteiger partial charge is 0.495 e. The van der Waals surface area contributed by atoms with Crippen LogP contribution in [0.1, 0.15) is 21.1 Å². The van der Waals surface area contributed by atoms with Crippen LogP contribution in [0.3, 0.4) is 0 Å². The smallest absolute Gasteiger partial charge is 0.293 e. The number of hydrogen-bond donors (Lipinski definition) is 2. The molecule has 4 rings (SSSR count). The van der Waals surface area contributed by atoms with Gasteiger partial charge in [0, 0.05) is 5.39 Å². The minimum Gasteiger partial charge on any atom is -0.495 e. The van der Waals surface area contributed by atoms with E-state index in [0.29, 0.717) is 27.1 Å². The topological polar surface area (TPSA) is 93.7 Å². The van der Waals surface area contributed by atoms with Crippen molar-refractivity contribution < 1.29 is 23.2 Å². The van der Waals surface area contributed by atoms with Gasteiger partial charge in [0.25, 0.3) is 11.8 Å². The quantitative estimate of drug-likeness (QED) is 0.426. The first-order valence-corrected chi connectivity index (χ1v) is 9.38. The lowest BCUT2D eigenvalue weighted by molar-refractivity contribution is 0.0994. The van der Waals surface area contributed by atoms with E-state index in [1.165, 1.54) is 13.2 Å². The molecule has 7 nitrogen and oxygen atoms in total. The first-order chi connectivity index (χ1) is 14.1. The number of ether oxygens (including phenoxy) is 1. The zero-order chi connectivity index (χ0) is 20.4. The normalized spacial score (nSPS) is 10.7. The molecule has 0 saturated heterocycles. The van der Waals surface area contributed by atoms with Gasteiger partial charge < -0.3 is 24.2 Å². The van der Waals surface area contributed by atoms with Gasteiger partial charge in [-0.25, -0.2) is 0 Å². The highest BCUT2D eigenvalue weighted by atomic mass is 79.9. The maximum Gasteiger partial charge on any atom is 0.293 e. The second kappa shape index (κ2) is 7.84. The van der Waals surface area contributed by atoms with Crippen molar-refractivity contribution in [1.82, 2.24) is 0 Å². The third-order valence-electron chi connectivity index (χ3n) is 4.19. The van der Waals surface area contributed by atoms with Crippen molar-refractivity contribution in [3.63, 3.8) is 0 Å². The van der Waals surface area contributed by atoms with Crippen molar-refractivity contribution >= 4 is 50.1 Å². The molecule has 2 heterocycles. The fourth-order valence-electron chi connectivity index (χ4n) is 2.87. The van der Waals surface area contributed by atoms with Crippen LogP contribution in [0.2, 0.25) is 0 Å². The highest BCUT2D eigenvalue weighted by Gasteiger charge is 2.24. The summed E-state index contributed by atoms with van der Waals surface area (Å²) in [6.45, 7) is 0. The Morgan fingerprint density at radius 3 is 2.41 bits per heavy atom. The van der Waals surface area contributed by atoms with Gasteiger partial charge in [0.15, 0.2) is 10.4 Å². The van der Waals surface area contributed by atoms with Crippen molar-refractivity contribution in [2.45, 2.75) is 0 Å². The van der Waals surface area contributed by atoms with Crippen LogP contribution in [-0.2, 0) is 0 Å². The number of fused-ring (bicyclic) bond motifs is 1. The number of nitrogens with one attached hydrogen (secondary N) is 2. The minimum absolute atomic E-state index is 0.0314. The van der Waals surface area contributed by atoms with Gasteiger partial charge in [-0.3, -0.25) is 9.59 Å². The Bertz CT molecular complexity index is 1210. The Kier molecular flexibility index (Phi) is 5.09. The first-order valence-electron chi connectivity index (χ1n) is 8.59. The van der Waals surface area contributed by atoms with E-state index in [4.69, 9.17) is 13.6 Å². The summed E-state index contributed by atoms with van der Waals surface area (Å²) < 4.78 is 16.7. The molecule has 0 aliphatic heterocycles. The molecular formula is C21H15BrN2O5. The average molecular weight is 455 g/mol. The molecule has 0 aliphatic carbocycles. The van der Waals surface area contributed by atoms with E-state index in [2.05, 4.69) is 26.6 Å². The van der Waals surface area contributed by atoms with E-state index in [-0.39, 0.29) is 17.2 Å². The summed E-state index contributed by atoms with van der Waals surface area (Å²) in [5, 5.41) is 6.07. The number of methoxy groups -OCH3 is 1. The monoisotopic (exact) mass is 454 g/mol. The van der Waals surface area contributed by atoms with E-state index in [1.54, 1.807) is 54.6 Å². The molecule has 4 aromatic rings. The van der Waals surface area contributed by atoms with Crippen LogP contribution in [0.15, 0.2) is 74.2 Å². The Morgan fingerprint density at radius 1 is 0.897 bits per heavy atom. The Labute approximate surface area is 173 Å². The summed E-state index contributed by atoms with van der Waals surface area (Å²) in [6.07, 6.45) is 0. The number of para-hydroxylation sites is 3. The number of carbonyl (C=O) groups is 2. The van der Waals surface area contributed by atoms with Crippen molar-refractivity contribution in [3.8, 4) is 5.75 Å². The van der Waals surface area contributed by atoms with Gasteiger partial charge in [0.2, 0.25) is 5.76 Å². The molecule has 0 saturated carbocycles. The Morgan fingerprint density at radius 2 is 1.66 bits per heavy atom. The number of furan rings is 2. The molecule has 2 aromatic carbocycles. The van der Waals surface area contributed by atoms with Crippen LogP contribution in [0.5, 0.6) is 5.75 Å². The van der Waals surface area contributed by atoms with Gasteiger partial charge in [-0.05, 0) is 52.3 Å². The molecule has 0 spiro atoms. The zero-order valence-corrected chi connectivity index (χ0v) is 16.8. The van der Waals surface area contributed by atoms with Crippen molar-refractivity contribution in [2.75, 3.05) is 17.7 Å². The molecule has 0 bridgehead atoms. The molecule has 2 N–H and O–H groups in total. The number of halogens is 1. The standard InChI is InChI=1S/C21H15BrN2O5/c1-27-15-9-5-3-7-13(15)23-21(26)19-18(12-6-2-4-8-14(12)29-19)24-20(25)16-10-11-17(22)28-16/h2-11H,1H3,(H,23,26)(H,24,25). The predicted octanol–water partition coefficient (Wildman–Crippen LogP) is 5.30. The third kappa shape index (κ3) is 3.74. The third-order valence-corrected chi connectivity index (χ3v) is 4.62. The van der Waals surface area contributed by atoms with Gasteiger partial charge in [-0.1, -0.05) is 24.3 Å². The first kappa shape index (κ1) is 18.8. The van der Waals surface area contributed by atoms with E-state index in [0.717, 1.165) is 0 Å². The summed E-state index contributed by atoms with van der Waals surface area (Å²) >= 11 is 3.17. The van der Waals surface area contributed by atoms with Crippen LogP contribution in [0, 0.1) is 0 Å². The predicted molar refractivity (Wildman–Crippen MR) is 112 cm³/mol. The number of anilines is 2. The van der Waals surface area contributed by atoms with Crippen LogP contribution >= 0.6 is 15.9 Å². The van der Waals surface area contributed by atoms with E-state index >= 15 is 0 Å². The van der Waals surface area contributed by atoms with E-state index in [9.17, 15) is 9.59 Å². The lowest BCUT2D eigenvalue weighted by Crippen LogP contribution is -2.17. The summed E-state index contributed by atoms with van der Waals surface area (Å²) in [6, 6.07) is 17.2. The SMILES string of the molecule is COc1ccccc1NC(=O)c1oc2ccccc2c1NC(=O)c1ccc(Br)o1. The van der Waals surface area contributed by atoms with Gasteiger partial charge in [0.1, 0.15) is 17.0 Å². The van der Waals surface area contributed by atoms with Gasteiger partial charge in [-0.2, -0.15) is 0 Å². The molecule has 2 aromatic heterocycles. The van der Waals surface area contributed by atoms with Crippen LogP contribution < -0.4 is 15.4 Å². The van der Waals surface area contributed by atoms with Crippen LogP contribution in [0.25, 0.3) is 11.0 Å². The molecular weight excluding hydrogens is 440 g/mol. The van der Waals surface area contributed by atoms with Crippen molar-refractivity contribution in [1.29, 1.82) is 0 Å². The number of amides is 2. The Balaban J connectivity index is 1.71. The summed E-state index contributed by atoms with van der Waals surface area (Å²) in [7, 11) is 1.51.